The molecule has 0 bridgehead atoms. The van der Waals surface area contributed by atoms with E-state index in [1.54, 1.807) is 26.3 Å². The number of rotatable bonds is 6. The molecule has 0 saturated heterocycles. The van der Waals surface area contributed by atoms with Crippen molar-refractivity contribution >= 4 is 11.9 Å². The Morgan fingerprint density at radius 2 is 1.84 bits per heavy atom. The number of aliphatic imine (C=N–C) groups is 1. The molecule has 0 spiro atoms. The van der Waals surface area contributed by atoms with E-state index in [0.29, 0.717) is 23.8 Å². The van der Waals surface area contributed by atoms with E-state index in [1.165, 1.54) is 5.56 Å². The van der Waals surface area contributed by atoms with Crippen molar-refractivity contribution in [2.45, 2.75) is 37.1 Å². The Bertz CT molecular complexity index is 975. The molecular formula is C25H31N5O2. The summed E-state index contributed by atoms with van der Waals surface area (Å²) in [7, 11) is 5.22. The van der Waals surface area contributed by atoms with Gasteiger partial charge in [-0.25, -0.2) is 0 Å². The smallest absolute Gasteiger partial charge is 0.255 e. The first-order valence-electron chi connectivity index (χ1n) is 10.9. The fourth-order valence-corrected chi connectivity index (χ4v) is 4.60. The van der Waals surface area contributed by atoms with Crippen LogP contribution in [0.4, 0.5) is 0 Å². The lowest BCUT2D eigenvalue weighted by molar-refractivity contribution is 0.0927. The van der Waals surface area contributed by atoms with Crippen LogP contribution in [0.15, 0.2) is 59.6 Å². The number of amides is 1. The number of hydrogen-bond acceptors (Lipinski definition) is 4. The summed E-state index contributed by atoms with van der Waals surface area (Å²) in [5.41, 5.74) is 1.63. The Hall–Kier alpha value is -3.53. The summed E-state index contributed by atoms with van der Waals surface area (Å²) in [5.74, 6) is 1.02. The predicted molar refractivity (Wildman–Crippen MR) is 126 cm³/mol. The Labute approximate surface area is 190 Å². The number of carbonyl (C=O) groups excluding carboxylic acids is 1. The number of carbonyl (C=O) groups is 1. The number of methoxy groups -OCH3 is 1. The van der Waals surface area contributed by atoms with Crippen LogP contribution in [-0.4, -0.2) is 50.6 Å². The molecule has 32 heavy (non-hydrogen) atoms. The highest BCUT2D eigenvalue weighted by Crippen LogP contribution is 2.40. The molecule has 2 N–H and O–H groups in total. The van der Waals surface area contributed by atoms with Crippen molar-refractivity contribution < 1.29 is 9.53 Å². The predicted octanol–water partition coefficient (Wildman–Crippen LogP) is 3.29. The van der Waals surface area contributed by atoms with Crippen molar-refractivity contribution in [3.63, 3.8) is 0 Å². The molecule has 0 aromatic heterocycles. The number of hydrogen-bond donors (Lipinski definition) is 2. The Morgan fingerprint density at radius 3 is 2.47 bits per heavy atom. The number of guanidine groups is 1. The van der Waals surface area contributed by atoms with Gasteiger partial charge in [-0.05, 0) is 43.4 Å². The zero-order valence-corrected chi connectivity index (χ0v) is 19.0. The Balaban J connectivity index is 1.76. The maximum atomic E-state index is 13.0. The Morgan fingerprint density at radius 1 is 1.19 bits per heavy atom. The molecule has 7 heteroatoms. The SMILES string of the molecule is CN=C(NC#N)N(C)C1CCC(CNC(=O)c2ccccc2OC)(c2ccccc2)CC1. The number of para-hydroxylation sites is 1. The quantitative estimate of drug-likeness (QED) is 0.316. The van der Waals surface area contributed by atoms with Gasteiger partial charge in [0.2, 0.25) is 5.96 Å². The molecule has 0 heterocycles. The third-order valence-corrected chi connectivity index (χ3v) is 6.50. The zero-order valence-electron chi connectivity index (χ0n) is 19.0. The first-order chi connectivity index (χ1) is 15.5. The first kappa shape index (κ1) is 23.1. The number of nitriles is 1. The van der Waals surface area contributed by atoms with Gasteiger partial charge in [-0.15, -0.1) is 0 Å². The van der Waals surface area contributed by atoms with Crippen LogP contribution in [0.5, 0.6) is 5.75 Å². The van der Waals surface area contributed by atoms with E-state index in [-0.39, 0.29) is 17.4 Å². The molecule has 0 unspecified atom stereocenters. The second-order valence-corrected chi connectivity index (χ2v) is 8.16. The number of nitrogens with zero attached hydrogens (tertiary/aromatic N) is 3. The Kier molecular flexibility index (Phi) is 7.72. The summed E-state index contributed by atoms with van der Waals surface area (Å²) in [6.07, 6.45) is 5.66. The van der Waals surface area contributed by atoms with E-state index in [4.69, 9.17) is 10.00 Å². The van der Waals surface area contributed by atoms with Gasteiger partial charge in [0.1, 0.15) is 5.75 Å². The summed E-state index contributed by atoms with van der Waals surface area (Å²) in [5, 5.41) is 14.8. The van der Waals surface area contributed by atoms with E-state index in [2.05, 4.69) is 39.9 Å². The largest absolute Gasteiger partial charge is 0.496 e. The minimum Gasteiger partial charge on any atom is -0.496 e. The fourth-order valence-electron chi connectivity index (χ4n) is 4.60. The van der Waals surface area contributed by atoms with Crippen LogP contribution in [0.3, 0.4) is 0 Å². The lowest BCUT2D eigenvalue weighted by atomic mass is 9.68. The molecule has 7 nitrogen and oxygen atoms in total. The molecule has 168 valence electrons. The third-order valence-electron chi connectivity index (χ3n) is 6.50. The second-order valence-electron chi connectivity index (χ2n) is 8.16. The highest BCUT2D eigenvalue weighted by Gasteiger charge is 2.38. The van der Waals surface area contributed by atoms with Crippen molar-refractivity contribution in [3.8, 4) is 11.9 Å². The van der Waals surface area contributed by atoms with Crippen LogP contribution in [0, 0.1) is 11.5 Å². The van der Waals surface area contributed by atoms with E-state index in [0.717, 1.165) is 25.7 Å². The number of benzene rings is 2. The van der Waals surface area contributed by atoms with Crippen LogP contribution in [0.2, 0.25) is 0 Å². The highest BCUT2D eigenvalue weighted by molar-refractivity contribution is 5.97. The van der Waals surface area contributed by atoms with Gasteiger partial charge in [-0.2, -0.15) is 5.26 Å². The maximum Gasteiger partial charge on any atom is 0.255 e. The first-order valence-corrected chi connectivity index (χ1v) is 10.9. The van der Waals surface area contributed by atoms with Crippen molar-refractivity contribution in [2.75, 3.05) is 27.7 Å². The number of ether oxygens (including phenoxy) is 1. The molecule has 3 rings (SSSR count). The molecule has 0 radical (unpaired) electrons. The van der Waals surface area contributed by atoms with Gasteiger partial charge in [0.25, 0.3) is 5.91 Å². The van der Waals surface area contributed by atoms with Gasteiger partial charge in [-0.1, -0.05) is 42.5 Å². The summed E-state index contributed by atoms with van der Waals surface area (Å²) in [4.78, 5) is 19.2. The van der Waals surface area contributed by atoms with Crippen molar-refractivity contribution in [1.82, 2.24) is 15.5 Å². The molecule has 2 aromatic carbocycles. The van der Waals surface area contributed by atoms with Crippen LogP contribution in [-0.2, 0) is 5.41 Å². The molecule has 1 aliphatic rings. The monoisotopic (exact) mass is 433 g/mol. The van der Waals surface area contributed by atoms with Gasteiger partial charge in [0.15, 0.2) is 6.19 Å². The maximum absolute atomic E-state index is 13.0. The van der Waals surface area contributed by atoms with Gasteiger partial charge in [0.05, 0.1) is 12.7 Å². The standard InChI is InChI=1S/C25H31N5O2/c1-27-24(29-18-26)30(2)20-13-15-25(16-14-20,19-9-5-4-6-10-19)17-28-23(31)21-11-7-8-12-22(21)32-3/h4-12,20H,13-17H2,1-3H3,(H,27,29)(H,28,31). The molecule has 1 amide bonds. The average molecular weight is 434 g/mol. The van der Waals surface area contributed by atoms with Crippen molar-refractivity contribution in [2.24, 2.45) is 4.99 Å². The average Bonchev–Trinajstić information content (AvgIpc) is 2.86. The zero-order chi connectivity index (χ0) is 23.0. The molecule has 0 atom stereocenters. The minimum atomic E-state index is -0.150. The summed E-state index contributed by atoms with van der Waals surface area (Å²) in [6.45, 7) is 0.551. The lowest BCUT2D eigenvalue weighted by Crippen LogP contribution is -2.49. The number of nitrogens with one attached hydrogen (secondary N) is 2. The molecule has 1 fully saturated rings. The van der Waals surface area contributed by atoms with Gasteiger partial charge < -0.3 is 15.0 Å². The van der Waals surface area contributed by atoms with E-state index >= 15 is 0 Å². The van der Waals surface area contributed by atoms with E-state index in [1.807, 2.05) is 36.3 Å². The normalized spacial score (nSPS) is 20.7. The summed E-state index contributed by atoms with van der Waals surface area (Å²) in [6, 6.07) is 18.0. The molecule has 1 saturated carbocycles. The highest BCUT2D eigenvalue weighted by atomic mass is 16.5. The van der Waals surface area contributed by atoms with Crippen LogP contribution < -0.4 is 15.4 Å². The van der Waals surface area contributed by atoms with E-state index < -0.39 is 0 Å². The van der Waals surface area contributed by atoms with Crippen LogP contribution >= 0.6 is 0 Å². The molecular weight excluding hydrogens is 402 g/mol. The van der Waals surface area contributed by atoms with Gasteiger partial charge in [0, 0.05) is 32.1 Å². The topological polar surface area (TPSA) is 89.8 Å². The summed E-state index contributed by atoms with van der Waals surface area (Å²) >= 11 is 0. The minimum absolute atomic E-state index is 0.129. The van der Waals surface area contributed by atoms with Crippen molar-refractivity contribution in [3.05, 3.63) is 65.7 Å². The van der Waals surface area contributed by atoms with Crippen molar-refractivity contribution in [1.29, 1.82) is 5.26 Å². The molecule has 1 aliphatic carbocycles. The second kappa shape index (κ2) is 10.7. The van der Waals surface area contributed by atoms with Crippen LogP contribution in [0.1, 0.15) is 41.6 Å². The van der Waals surface area contributed by atoms with Gasteiger partial charge >= 0.3 is 0 Å². The molecule has 0 aliphatic heterocycles. The lowest BCUT2D eigenvalue weighted by Gasteiger charge is -2.43. The third kappa shape index (κ3) is 5.02. The van der Waals surface area contributed by atoms with Gasteiger partial charge in [-0.3, -0.25) is 15.1 Å². The summed E-state index contributed by atoms with van der Waals surface area (Å²) < 4.78 is 5.35. The fraction of sp³-hybridized carbons (Fsp3) is 0.400. The van der Waals surface area contributed by atoms with Crippen LogP contribution in [0.25, 0.3) is 0 Å². The molecule has 2 aromatic rings. The van der Waals surface area contributed by atoms with E-state index in [9.17, 15) is 4.79 Å².